The van der Waals surface area contributed by atoms with Gasteiger partial charge in [0.05, 0.1) is 22.5 Å². The van der Waals surface area contributed by atoms with Crippen LogP contribution in [0.2, 0.25) is 5.02 Å². The normalized spacial score (nSPS) is 15.3. The Morgan fingerprint density at radius 1 is 1.00 bits per heavy atom. The minimum absolute atomic E-state index is 0.0202. The molecule has 10 heteroatoms. The van der Waals surface area contributed by atoms with Gasteiger partial charge in [-0.05, 0) is 86.4 Å². The Hall–Kier alpha value is -3.66. The molecule has 2 aliphatic heterocycles. The van der Waals surface area contributed by atoms with Gasteiger partial charge < -0.3 is 18.9 Å². The summed E-state index contributed by atoms with van der Waals surface area (Å²) < 4.78 is 23.6. The van der Waals surface area contributed by atoms with E-state index in [-0.39, 0.29) is 18.6 Å². The molecule has 0 atom stereocenters. The third-order valence-electron chi connectivity index (χ3n) is 6.63. The van der Waals surface area contributed by atoms with Gasteiger partial charge in [0.2, 0.25) is 6.79 Å². The van der Waals surface area contributed by atoms with Crippen LogP contribution in [0, 0.1) is 0 Å². The maximum atomic E-state index is 13.2. The number of imide groups is 1. The van der Waals surface area contributed by atoms with Crippen LogP contribution in [0.5, 0.6) is 23.0 Å². The number of hydrogen-bond acceptors (Lipinski definition) is 7. The summed E-state index contributed by atoms with van der Waals surface area (Å²) in [4.78, 5) is 27.5. The van der Waals surface area contributed by atoms with E-state index in [4.69, 9.17) is 30.5 Å². The highest BCUT2D eigenvalue weighted by Crippen LogP contribution is 2.42. The molecule has 2 heterocycles. The summed E-state index contributed by atoms with van der Waals surface area (Å²) in [5, 5.41) is 2.28. The average Bonchev–Trinajstić information content (AvgIpc) is 3.51. The van der Waals surface area contributed by atoms with Crippen LogP contribution < -0.4 is 18.9 Å². The van der Waals surface area contributed by atoms with E-state index in [2.05, 4.69) is 34.1 Å². The molecule has 0 aromatic heterocycles. The molecule has 0 unspecified atom stereocenters. The van der Waals surface area contributed by atoms with E-state index in [9.17, 15) is 9.59 Å². The molecule has 0 radical (unpaired) electrons. The summed E-state index contributed by atoms with van der Waals surface area (Å²) in [5.74, 6) is 1.75. The Kier molecular flexibility index (Phi) is 7.84. The SMILES string of the molecule is CCOc1cc(/C=C2\SC(=O)N(Cc3cc4c(cc3Cl)OCO4)C2=O)cc(Br)c1OCc1cccc2ccccc12. The van der Waals surface area contributed by atoms with Crippen molar-refractivity contribution in [2.24, 2.45) is 0 Å². The summed E-state index contributed by atoms with van der Waals surface area (Å²) in [7, 11) is 0. The third kappa shape index (κ3) is 5.62. The Labute approximate surface area is 254 Å². The van der Waals surface area contributed by atoms with Crippen LogP contribution >= 0.6 is 39.3 Å². The smallest absolute Gasteiger partial charge is 0.293 e. The molecule has 7 nitrogen and oxygen atoms in total. The summed E-state index contributed by atoms with van der Waals surface area (Å²) in [5.41, 5.74) is 2.33. The zero-order chi connectivity index (χ0) is 28.5. The molecular formula is C31H23BrClNO6S. The van der Waals surface area contributed by atoms with Crippen LogP contribution in [0.15, 0.2) is 76.1 Å². The molecule has 1 saturated heterocycles. The van der Waals surface area contributed by atoms with Gasteiger partial charge in [-0.1, -0.05) is 54.1 Å². The van der Waals surface area contributed by atoms with Crippen LogP contribution in [0.1, 0.15) is 23.6 Å². The van der Waals surface area contributed by atoms with Crippen LogP contribution in [-0.2, 0) is 17.9 Å². The Morgan fingerprint density at radius 3 is 2.61 bits per heavy atom. The maximum Gasteiger partial charge on any atom is 0.293 e. The molecule has 2 amide bonds. The molecule has 1 fully saturated rings. The van der Waals surface area contributed by atoms with Crippen molar-refractivity contribution in [2.75, 3.05) is 13.4 Å². The first-order valence-electron chi connectivity index (χ1n) is 12.8. The minimum atomic E-state index is -0.404. The fourth-order valence-electron chi connectivity index (χ4n) is 4.68. The van der Waals surface area contributed by atoms with Crippen LogP contribution in [0.4, 0.5) is 4.79 Å². The molecule has 0 spiro atoms. The molecule has 0 saturated carbocycles. The minimum Gasteiger partial charge on any atom is -0.490 e. The lowest BCUT2D eigenvalue weighted by Crippen LogP contribution is -2.27. The van der Waals surface area contributed by atoms with Gasteiger partial charge >= 0.3 is 0 Å². The molecule has 6 rings (SSSR count). The molecule has 2 aliphatic rings. The van der Waals surface area contributed by atoms with Crippen LogP contribution in [-0.4, -0.2) is 29.4 Å². The zero-order valence-electron chi connectivity index (χ0n) is 21.8. The number of benzene rings is 4. The number of carbonyl (C=O) groups excluding carboxylic acids is 2. The number of carbonyl (C=O) groups is 2. The van der Waals surface area contributed by atoms with Gasteiger partial charge in [0, 0.05) is 11.1 Å². The molecule has 4 aromatic carbocycles. The molecule has 0 aliphatic carbocycles. The number of ether oxygens (including phenoxy) is 4. The van der Waals surface area contributed by atoms with Crippen molar-refractivity contribution >= 4 is 67.3 Å². The Bertz CT molecular complexity index is 1720. The highest BCUT2D eigenvalue weighted by molar-refractivity contribution is 9.10. The topological polar surface area (TPSA) is 74.3 Å². The molecule has 0 bridgehead atoms. The average molecular weight is 653 g/mol. The second kappa shape index (κ2) is 11.7. The predicted molar refractivity (Wildman–Crippen MR) is 163 cm³/mol. The number of fused-ring (bicyclic) bond motifs is 2. The van der Waals surface area contributed by atoms with Crippen LogP contribution in [0.3, 0.4) is 0 Å². The van der Waals surface area contributed by atoms with Crippen molar-refractivity contribution in [2.45, 2.75) is 20.1 Å². The van der Waals surface area contributed by atoms with Gasteiger partial charge in [-0.15, -0.1) is 0 Å². The first-order chi connectivity index (χ1) is 19.9. The summed E-state index contributed by atoms with van der Waals surface area (Å²) in [6.45, 7) is 2.79. The molecule has 4 aromatic rings. The lowest BCUT2D eigenvalue weighted by molar-refractivity contribution is -0.123. The number of halogens is 2. The van der Waals surface area contributed by atoms with E-state index >= 15 is 0 Å². The molecule has 208 valence electrons. The van der Waals surface area contributed by atoms with E-state index < -0.39 is 5.91 Å². The van der Waals surface area contributed by atoms with Crippen molar-refractivity contribution in [1.29, 1.82) is 0 Å². The monoisotopic (exact) mass is 651 g/mol. The first kappa shape index (κ1) is 27.5. The summed E-state index contributed by atoms with van der Waals surface area (Å²) >= 11 is 10.9. The van der Waals surface area contributed by atoms with Gasteiger partial charge in [0.15, 0.2) is 23.0 Å². The van der Waals surface area contributed by atoms with Crippen molar-refractivity contribution in [3.63, 3.8) is 0 Å². The van der Waals surface area contributed by atoms with Crippen LogP contribution in [0.25, 0.3) is 16.8 Å². The highest BCUT2D eigenvalue weighted by Gasteiger charge is 2.36. The van der Waals surface area contributed by atoms with Gasteiger partial charge in [0.1, 0.15) is 6.61 Å². The van der Waals surface area contributed by atoms with E-state index in [1.54, 1.807) is 24.3 Å². The number of nitrogens with zero attached hydrogens (tertiary/aromatic N) is 1. The summed E-state index contributed by atoms with van der Waals surface area (Å²) in [6, 6.07) is 21.2. The van der Waals surface area contributed by atoms with E-state index in [0.717, 1.165) is 28.1 Å². The van der Waals surface area contributed by atoms with E-state index in [1.165, 1.54) is 4.90 Å². The fraction of sp³-hybridized carbons (Fsp3) is 0.161. The standard InChI is InChI=1S/C31H23BrClNO6S/c1-2-37-27-11-18(10-23(32)29(27)38-16-20-8-5-7-19-6-3-4-9-22(19)20)12-28-30(35)34(31(36)41-28)15-21-13-25-26(14-24(21)33)40-17-39-25/h3-14H,2,15-17H2,1H3/b28-12-. The van der Waals surface area contributed by atoms with Gasteiger partial charge in [-0.3, -0.25) is 14.5 Å². The lowest BCUT2D eigenvalue weighted by Gasteiger charge is -2.16. The maximum absolute atomic E-state index is 13.2. The van der Waals surface area contributed by atoms with Crippen molar-refractivity contribution in [1.82, 2.24) is 4.90 Å². The number of amides is 2. The second-order valence-electron chi connectivity index (χ2n) is 9.25. The summed E-state index contributed by atoms with van der Waals surface area (Å²) in [6.07, 6.45) is 1.67. The number of hydrogen-bond donors (Lipinski definition) is 0. The Morgan fingerprint density at radius 2 is 1.78 bits per heavy atom. The second-order valence-corrected chi connectivity index (χ2v) is 11.5. The largest absolute Gasteiger partial charge is 0.490 e. The van der Waals surface area contributed by atoms with Gasteiger partial charge in [0.25, 0.3) is 11.1 Å². The lowest BCUT2D eigenvalue weighted by atomic mass is 10.1. The predicted octanol–water partition coefficient (Wildman–Crippen LogP) is 8.20. The van der Waals surface area contributed by atoms with Gasteiger partial charge in [-0.25, -0.2) is 0 Å². The number of rotatable bonds is 8. The molecule has 41 heavy (non-hydrogen) atoms. The zero-order valence-corrected chi connectivity index (χ0v) is 25.0. The van der Waals surface area contributed by atoms with Crippen molar-refractivity contribution in [3.8, 4) is 23.0 Å². The van der Waals surface area contributed by atoms with Crippen molar-refractivity contribution < 1.29 is 28.5 Å². The first-order valence-corrected chi connectivity index (χ1v) is 14.8. The Balaban J connectivity index is 1.23. The highest BCUT2D eigenvalue weighted by atomic mass is 79.9. The van der Waals surface area contributed by atoms with Crippen molar-refractivity contribution in [3.05, 3.63) is 97.8 Å². The van der Waals surface area contributed by atoms with Gasteiger partial charge in [-0.2, -0.15) is 0 Å². The number of thioether (sulfide) groups is 1. The quantitative estimate of drug-likeness (QED) is 0.178. The molecular weight excluding hydrogens is 630 g/mol. The van der Waals surface area contributed by atoms with E-state index in [0.29, 0.717) is 61.7 Å². The fourth-order valence-corrected chi connectivity index (χ4v) is 6.31. The third-order valence-corrected chi connectivity index (χ3v) is 8.47. The molecule has 0 N–H and O–H groups in total. The van der Waals surface area contributed by atoms with E-state index in [1.807, 2.05) is 37.3 Å².